The lowest BCUT2D eigenvalue weighted by Crippen LogP contribution is -2.13. The molecule has 0 amide bonds. The summed E-state index contributed by atoms with van der Waals surface area (Å²) >= 11 is 0. The number of phenolic OH excluding ortho intramolecular Hbond substituents is 1. The number of aryl methyl sites for hydroxylation is 1. The summed E-state index contributed by atoms with van der Waals surface area (Å²) in [6.07, 6.45) is 2.08. The smallest absolute Gasteiger partial charge is 0.122 e. The molecule has 0 bridgehead atoms. The fourth-order valence-electron chi connectivity index (χ4n) is 2.09. The van der Waals surface area contributed by atoms with E-state index in [-0.39, 0.29) is 5.41 Å². The first-order valence-corrected chi connectivity index (χ1v) is 6.67. The van der Waals surface area contributed by atoms with Crippen LogP contribution < -0.4 is 0 Å². The highest BCUT2D eigenvalue weighted by atomic mass is 16.3. The minimum atomic E-state index is -0.00251. The Bertz CT molecular complexity index is 385. The van der Waals surface area contributed by atoms with Gasteiger partial charge >= 0.3 is 0 Å². The van der Waals surface area contributed by atoms with Crippen LogP contribution in [0.3, 0.4) is 0 Å². The van der Waals surface area contributed by atoms with Gasteiger partial charge < -0.3 is 5.11 Å². The maximum absolute atomic E-state index is 10.4. The summed E-state index contributed by atoms with van der Waals surface area (Å²) in [5.41, 5.74) is 3.50. The lowest BCUT2D eigenvalue weighted by Gasteiger charge is -2.25. The molecule has 1 unspecified atom stereocenters. The molecular formula is C16H26O. The first-order chi connectivity index (χ1) is 7.81. The van der Waals surface area contributed by atoms with E-state index in [1.165, 1.54) is 5.56 Å². The van der Waals surface area contributed by atoms with E-state index in [0.29, 0.717) is 11.7 Å². The van der Waals surface area contributed by atoms with E-state index in [1.54, 1.807) is 0 Å². The van der Waals surface area contributed by atoms with Gasteiger partial charge in [0.25, 0.3) is 0 Å². The van der Waals surface area contributed by atoms with Crippen molar-refractivity contribution < 1.29 is 5.11 Å². The van der Waals surface area contributed by atoms with Gasteiger partial charge in [-0.25, -0.2) is 0 Å². The summed E-state index contributed by atoms with van der Waals surface area (Å²) in [5.74, 6) is 0.923. The van der Waals surface area contributed by atoms with Crippen LogP contribution in [0.4, 0.5) is 0 Å². The molecule has 1 heteroatoms. The molecule has 1 N–H and O–H groups in total. The molecule has 0 aliphatic heterocycles. The molecule has 96 valence electrons. The van der Waals surface area contributed by atoms with Crippen LogP contribution in [0.2, 0.25) is 0 Å². The van der Waals surface area contributed by atoms with Crippen LogP contribution in [-0.2, 0) is 11.8 Å². The zero-order chi connectivity index (χ0) is 13.2. The Morgan fingerprint density at radius 3 is 2.18 bits per heavy atom. The van der Waals surface area contributed by atoms with Crippen molar-refractivity contribution in [3.05, 3.63) is 28.8 Å². The molecule has 1 rings (SSSR count). The Labute approximate surface area is 106 Å². The van der Waals surface area contributed by atoms with Crippen LogP contribution >= 0.6 is 0 Å². The summed E-state index contributed by atoms with van der Waals surface area (Å²) in [6.45, 7) is 13.0. The molecule has 0 heterocycles. The molecule has 0 spiro atoms. The predicted octanol–water partition coefficient (Wildman–Crippen LogP) is 4.77. The molecule has 0 fully saturated rings. The van der Waals surface area contributed by atoms with Gasteiger partial charge in [0.05, 0.1) is 0 Å². The minimum Gasteiger partial charge on any atom is -0.507 e. The Balaban J connectivity index is 3.41. The molecule has 1 nitrogen and oxygen atoms in total. The Morgan fingerprint density at radius 2 is 1.76 bits per heavy atom. The van der Waals surface area contributed by atoms with E-state index in [9.17, 15) is 5.11 Å². The van der Waals surface area contributed by atoms with Crippen molar-refractivity contribution in [1.82, 2.24) is 0 Å². The van der Waals surface area contributed by atoms with Gasteiger partial charge in [-0.2, -0.15) is 0 Å². The van der Waals surface area contributed by atoms with Gasteiger partial charge in [-0.3, -0.25) is 0 Å². The second-order valence-corrected chi connectivity index (χ2v) is 5.99. The molecule has 0 radical (unpaired) electrons. The summed E-state index contributed by atoms with van der Waals surface area (Å²) < 4.78 is 0. The maximum Gasteiger partial charge on any atom is 0.122 e. The van der Waals surface area contributed by atoms with E-state index in [0.717, 1.165) is 24.0 Å². The third-order valence-corrected chi connectivity index (χ3v) is 3.56. The average molecular weight is 234 g/mol. The van der Waals surface area contributed by atoms with Gasteiger partial charge in [-0.1, -0.05) is 53.7 Å². The van der Waals surface area contributed by atoms with Crippen LogP contribution in [0.1, 0.15) is 70.6 Å². The summed E-state index contributed by atoms with van der Waals surface area (Å²) in [6, 6.07) is 4.32. The number of hydrogen-bond donors (Lipinski definition) is 1. The van der Waals surface area contributed by atoms with Crippen molar-refractivity contribution in [1.29, 1.82) is 0 Å². The lowest BCUT2D eigenvalue weighted by atomic mass is 9.81. The van der Waals surface area contributed by atoms with Gasteiger partial charge in [0.15, 0.2) is 0 Å². The fraction of sp³-hybridized carbons (Fsp3) is 0.625. The fourth-order valence-corrected chi connectivity index (χ4v) is 2.09. The highest BCUT2D eigenvalue weighted by Gasteiger charge is 2.22. The molecule has 0 aliphatic rings. The van der Waals surface area contributed by atoms with Crippen molar-refractivity contribution in [3.8, 4) is 5.75 Å². The van der Waals surface area contributed by atoms with Crippen molar-refractivity contribution in [3.63, 3.8) is 0 Å². The van der Waals surface area contributed by atoms with E-state index in [4.69, 9.17) is 0 Å². The lowest BCUT2D eigenvalue weighted by molar-refractivity contribution is 0.434. The number of hydrogen-bond acceptors (Lipinski definition) is 1. The van der Waals surface area contributed by atoms with Gasteiger partial charge in [0, 0.05) is 0 Å². The summed E-state index contributed by atoms with van der Waals surface area (Å²) in [5, 5.41) is 10.4. The number of aromatic hydroxyl groups is 1. The molecule has 1 aromatic rings. The van der Waals surface area contributed by atoms with Crippen molar-refractivity contribution in [2.24, 2.45) is 0 Å². The van der Waals surface area contributed by atoms with Crippen molar-refractivity contribution in [2.45, 2.75) is 65.7 Å². The molecule has 1 atom stereocenters. The summed E-state index contributed by atoms with van der Waals surface area (Å²) in [4.78, 5) is 0. The van der Waals surface area contributed by atoms with Gasteiger partial charge in [-0.15, -0.1) is 0 Å². The number of phenols is 1. The standard InChI is InChI=1S/C16H26O/c1-7-11(3)13-9-12(8-2)10-14(15(13)17)16(4,5)6/h9-11,17H,7-8H2,1-6H3. The zero-order valence-electron chi connectivity index (χ0n) is 12.1. The van der Waals surface area contributed by atoms with E-state index in [2.05, 4.69) is 53.7 Å². The maximum atomic E-state index is 10.4. The number of benzene rings is 1. The molecule has 0 aromatic heterocycles. The van der Waals surface area contributed by atoms with Crippen molar-refractivity contribution >= 4 is 0 Å². The van der Waals surface area contributed by atoms with E-state index < -0.39 is 0 Å². The molecule has 17 heavy (non-hydrogen) atoms. The predicted molar refractivity (Wildman–Crippen MR) is 74.9 cm³/mol. The highest BCUT2D eigenvalue weighted by molar-refractivity contribution is 5.48. The summed E-state index contributed by atoms with van der Waals surface area (Å²) in [7, 11) is 0. The van der Waals surface area contributed by atoms with Crippen LogP contribution in [0, 0.1) is 0 Å². The normalized spacial score (nSPS) is 13.8. The molecular weight excluding hydrogens is 208 g/mol. The zero-order valence-corrected chi connectivity index (χ0v) is 12.1. The number of rotatable bonds is 3. The van der Waals surface area contributed by atoms with Gasteiger partial charge in [0.2, 0.25) is 0 Å². The van der Waals surface area contributed by atoms with Crippen LogP contribution in [0.5, 0.6) is 5.75 Å². The highest BCUT2D eigenvalue weighted by Crippen LogP contribution is 2.38. The quantitative estimate of drug-likeness (QED) is 0.799. The van der Waals surface area contributed by atoms with E-state index in [1.807, 2.05) is 0 Å². The molecule has 1 aromatic carbocycles. The SMILES string of the molecule is CCc1cc(C(C)CC)c(O)c(C(C)(C)C)c1. The monoisotopic (exact) mass is 234 g/mol. The Hall–Kier alpha value is -0.980. The average Bonchev–Trinajstić information content (AvgIpc) is 2.26. The largest absolute Gasteiger partial charge is 0.507 e. The van der Waals surface area contributed by atoms with Crippen molar-refractivity contribution in [2.75, 3.05) is 0 Å². The molecule has 0 saturated heterocycles. The first kappa shape index (κ1) is 14.1. The van der Waals surface area contributed by atoms with Crippen LogP contribution in [0.15, 0.2) is 12.1 Å². The first-order valence-electron chi connectivity index (χ1n) is 6.67. The molecule has 0 saturated carbocycles. The van der Waals surface area contributed by atoms with Crippen LogP contribution in [-0.4, -0.2) is 5.11 Å². The van der Waals surface area contributed by atoms with E-state index >= 15 is 0 Å². The second-order valence-electron chi connectivity index (χ2n) is 5.99. The van der Waals surface area contributed by atoms with Crippen LogP contribution in [0.25, 0.3) is 0 Å². The third kappa shape index (κ3) is 3.02. The topological polar surface area (TPSA) is 20.2 Å². The van der Waals surface area contributed by atoms with Gasteiger partial charge in [0.1, 0.15) is 5.75 Å². The minimum absolute atomic E-state index is 0.00251. The Kier molecular flexibility index (Phi) is 4.24. The Morgan fingerprint density at radius 1 is 1.18 bits per heavy atom. The second kappa shape index (κ2) is 5.12. The van der Waals surface area contributed by atoms with Gasteiger partial charge in [-0.05, 0) is 40.9 Å². The molecule has 0 aliphatic carbocycles. The third-order valence-electron chi connectivity index (χ3n) is 3.56.